The molecule has 0 aromatic rings. The maximum atomic E-state index is 5.43. The van der Waals surface area contributed by atoms with Crippen molar-refractivity contribution in [3.8, 4) is 12.3 Å². The van der Waals surface area contributed by atoms with Crippen molar-refractivity contribution in [2.24, 2.45) is 5.92 Å². The van der Waals surface area contributed by atoms with Crippen LogP contribution in [-0.2, 0) is 0 Å². The second kappa shape index (κ2) is 4.89. The molecule has 0 aliphatic heterocycles. The molecule has 0 fully saturated rings. The number of allylic oxidation sites excluding steroid dienone is 4. The van der Waals surface area contributed by atoms with Crippen molar-refractivity contribution < 1.29 is 0 Å². The summed E-state index contributed by atoms with van der Waals surface area (Å²) in [7, 11) is 4.07. The summed E-state index contributed by atoms with van der Waals surface area (Å²) >= 11 is 0. The second-order valence-electron chi connectivity index (χ2n) is 3.66. The van der Waals surface area contributed by atoms with Crippen molar-refractivity contribution in [3.05, 3.63) is 24.3 Å². The van der Waals surface area contributed by atoms with Crippen LogP contribution in [0.4, 0.5) is 0 Å². The van der Waals surface area contributed by atoms with Crippen LogP contribution in [0.25, 0.3) is 0 Å². The highest BCUT2D eigenvalue weighted by atomic mass is 15.1. The number of hydrogen-bond donors (Lipinski definition) is 0. The van der Waals surface area contributed by atoms with Gasteiger partial charge in [0.2, 0.25) is 0 Å². The fraction of sp³-hybridized carbons (Fsp3) is 0.500. The summed E-state index contributed by atoms with van der Waals surface area (Å²) in [6.45, 7) is 0. The Morgan fingerprint density at radius 2 is 2.00 bits per heavy atom. The molecule has 0 bridgehead atoms. The van der Waals surface area contributed by atoms with E-state index >= 15 is 0 Å². The molecular formula is C12H17N. The molecule has 1 nitrogen and oxygen atoms in total. The quantitative estimate of drug-likeness (QED) is 0.591. The molecular weight excluding hydrogens is 158 g/mol. The lowest BCUT2D eigenvalue weighted by atomic mass is 10.0. The molecule has 1 rings (SSSR count). The smallest absolute Gasteiger partial charge is 0.0707 e. The second-order valence-corrected chi connectivity index (χ2v) is 3.66. The van der Waals surface area contributed by atoms with Gasteiger partial charge in [0.25, 0.3) is 0 Å². The van der Waals surface area contributed by atoms with Gasteiger partial charge in [-0.1, -0.05) is 30.2 Å². The highest BCUT2D eigenvalue weighted by Gasteiger charge is 2.10. The molecule has 0 saturated heterocycles. The average Bonchev–Trinajstić information content (AvgIpc) is 2.57. The molecule has 0 spiro atoms. The Kier molecular flexibility index (Phi) is 3.79. The summed E-state index contributed by atoms with van der Waals surface area (Å²) in [5, 5.41) is 0. The Hall–Kier alpha value is -1.00. The van der Waals surface area contributed by atoms with Gasteiger partial charge in [0.15, 0.2) is 0 Å². The fourth-order valence-corrected chi connectivity index (χ4v) is 1.51. The zero-order valence-corrected chi connectivity index (χ0v) is 8.40. The lowest BCUT2D eigenvalue weighted by molar-refractivity contribution is 0.327. The molecule has 0 aromatic carbocycles. The summed E-state index contributed by atoms with van der Waals surface area (Å²) in [4.78, 5) is 2.10. The maximum absolute atomic E-state index is 5.43. The van der Waals surface area contributed by atoms with E-state index in [4.69, 9.17) is 6.42 Å². The van der Waals surface area contributed by atoms with Crippen LogP contribution in [0.5, 0.6) is 0 Å². The van der Waals surface area contributed by atoms with Crippen LogP contribution >= 0.6 is 0 Å². The molecule has 1 atom stereocenters. The minimum Gasteiger partial charge on any atom is -0.296 e. The molecule has 1 unspecified atom stereocenters. The van der Waals surface area contributed by atoms with Gasteiger partial charge in [0.1, 0.15) is 0 Å². The first-order valence-corrected chi connectivity index (χ1v) is 4.71. The van der Waals surface area contributed by atoms with Gasteiger partial charge >= 0.3 is 0 Å². The molecule has 13 heavy (non-hydrogen) atoms. The van der Waals surface area contributed by atoms with E-state index in [0.717, 1.165) is 12.8 Å². The summed E-state index contributed by atoms with van der Waals surface area (Å²) in [5.41, 5.74) is 0. The highest BCUT2D eigenvalue weighted by molar-refractivity contribution is 5.17. The van der Waals surface area contributed by atoms with Crippen molar-refractivity contribution in [2.45, 2.75) is 18.9 Å². The number of terminal acetylenes is 1. The third kappa shape index (κ3) is 3.08. The summed E-state index contributed by atoms with van der Waals surface area (Å²) < 4.78 is 0. The molecule has 0 radical (unpaired) electrons. The normalized spacial score (nSPS) is 18.0. The van der Waals surface area contributed by atoms with Gasteiger partial charge in [-0.3, -0.25) is 4.90 Å². The minimum absolute atomic E-state index is 0.280. The average molecular weight is 175 g/mol. The molecule has 0 heterocycles. The van der Waals surface area contributed by atoms with Crippen molar-refractivity contribution in [3.63, 3.8) is 0 Å². The molecule has 0 saturated carbocycles. The van der Waals surface area contributed by atoms with E-state index in [-0.39, 0.29) is 6.04 Å². The third-order valence-corrected chi connectivity index (χ3v) is 2.42. The largest absolute Gasteiger partial charge is 0.296 e. The number of rotatable bonds is 4. The van der Waals surface area contributed by atoms with E-state index in [2.05, 4.69) is 35.1 Å². The molecule has 0 N–H and O–H groups in total. The number of hydrogen-bond acceptors (Lipinski definition) is 1. The predicted octanol–water partition coefficient (Wildman–Crippen LogP) is 2.07. The van der Waals surface area contributed by atoms with Crippen LogP contribution in [0.2, 0.25) is 0 Å². The monoisotopic (exact) mass is 175 g/mol. The zero-order chi connectivity index (χ0) is 9.68. The van der Waals surface area contributed by atoms with E-state index in [1.807, 2.05) is 14.1 Å². The van der Waals surface area contributed by atoms with Crippen molar-refractivity contribution >= 4 is 0 Å². The summed E-state index contributed by atoms with van der Waals surface area (Å²) in [6.07, 6.45) is 16.3. The van der Waals surface area contributed by atoms with E-state index in [1.54, 1.807) is 0 Å². The Labute approximate surface area is 81.1 Å². The minimum atomic E-state index is 0.280. The van der Waals surface area contributed by atoms with E-state index in [0.29, 0.717) is 5.92 Å². The summed E-state index contributed by atoms with van der Waals surface area (Å²) in [5.74, 6) is 3.41. The zero-order valence-electron chi connectivity index (χ0n) is 8.40. The van der Waals surface area contributed by atoms with Crippen LogP contribution in [0.3, 0.4) is 0 Å². The van der Waals surface area contributed by atoms with E-state index in [9.17, 15) is 0 Å². The first-order valence-electron chi connectivity index (χ1n) is 4.71. The first-order chi connectivity index (χ1) is 6.24. The Morgan fingerprint density at radius 1 is 1.38 bits per heavy atom. The standard InChI is InChI=1S/C12H17N/c1-4-12(13(2)3)10-9-11-7-5-6-8-11/h1,5-8,11-12H,9-10H2,2-3H3. The van der Waals surface area contributed by atoms with Gasteiger partial charge in [-0.05, 0) is 32.9 Å². The Balaban J connectivity index is 2.28. The van der Waals surface area contributed by atoms with E-state index < -0.39 is 0 Å². The van der Waals surface area contributed by atoms with Gasteiger partial charge in [0, 0.05) is 0 Å². The van der Waals surface area contributed by atoms with Crippen LogP contribution in [-0.4, -0.2) is 25.0 Å². The van der Waals surface area contributed by atoms with Gasteiger partial charge in [-0.25, -0.2) is 0 Å². The van der Waals surface area contributed by atoms with Crippen LogP contribution in [0, 0.1) is 18.3 Å². The van der Waals surface area contributed by atoms with Gasteiger partial charge in [-0.2, -0.15) is 0 Å². The Morgan fingerprint density at radius 3 is 2.46 bits per heavy atom. The number of nitrogens with zero attached hydrogens (tertiary/aromatic N) is 1. The van der Waals surface area contributed by atoms with Gasteiger partial charge in [0.05, 0.1) is 6.04 Å². The van der Waals surface area contributed by atoms with Crippen LogP contribution in [0.15, 0.2) is 24.3 Å². The molecule has 1 aliphatic rings. The molecule has 1 aliphatic carbocycles. The molecule has 70 valence electrons. The topological polar surface area (TPSA) is 3.24 Å². The maximum Gasteiger partial charge on any atom is 0.0707 e. The molecule has 0 aromatic heterocycles. The highest BCUT2D eigenvalue weighted by Crippen LogP contribution is 2.17. The van der Waals surface area contributed by atoms with Crippen LogP contribution in [0.1, 0.15) is 12.8 Å². The van der Waals surface area contributed by atoms with Crippen molar-refractivity contribution in [2.75, 3.05) is 14.1 Å². The Bertz CT molecular complexity index is 230. The van der Waals surface area contributed by atoms with E-state index in [1.165, 1.54) is 0 Å². The molecule has 1 heteroatoms. The third-order valence-electron chi connectivity index (χ3n) is 2.42. The van der Waals surface area contributed by atoms with Crippen molar-refractivity contribution in [1.82, 2.24) is 4.90 Å². The molecule has 0 amide bonds. The lowest BCUT2D eigenvalue weighted by Crippen LogP contribution is -2.26. The first kappa shape index (κ1) is 10.1. The lowest BCUT2D eigenvalue weighted by Gasteiger charge is -2.19. The van der Waals surface area contributed by atoms with Crippen LogP contribution < -0.4 is 0 Å². The van der Waals surface area contributed by atoms with Gasteiger partial charge < -0.3 is 0 Å². The predicted molar refractivity (Wildman–Crippen MR) is 57.3 cm³/mol. The fourth-order valence-electron chi connectivity index (χ4n) is 1.51. The van der Waals surface area contributed by atoms with Gasteiger partial charge in [-0.15, -0.1) is 6.42 Å². The SMILES string of the molecule is C#CC(CCC1C=CC=C1)N(C)C. The van der Waals surface area contributed by atoms with Crippen molar-refractivity contribution in [1.29, 1.82) is 0 Å². The summed E-state index contributed by atoms with van der Waals surface area (Å²) in [6, 6.07) is 0.280.